The molecule has 0 aliphatic heterocycles. The summed E-state index contributed by atoms with van der Waals surface area (Å²) in [4.78, 5) is 4.11. The van der Waals surface area contributed by atoms with Crippen molar-refractivity contribution >= 4 is 17.4 Å². The van der Waals surface area contributed by atoms with Gasteiger partial charge in [-0.1, -0.05) is 17.7 Å². The number of nitrogens with two attached hydrogens (primary N) is 1. The SMILES string of the molecule is CNC(c1ccc(Cl)cc1F)c1cc(C)cnc1N. The molecule has 0 amide bonds. The predicted molar refractivity (Wildman–Crippen MR) is 75.7 cm³/mol. The molecule has 19 heavy (non-hydrogen) atoms. The Balaban J connectivity index is 2.52. The molecule has 3 nitrogen and oxygen atoms in total. The molecular formula is C14H15ClFN3. The highest BCUT2D eigenvalue weighted by molar-refractivity contribution is 6.30. The van der Waals surface area contributed by atoms with Crippen molar-refractivity contribution in [2.24, 2.45) is 0 Å². The summed E-state index contributed by atoms with van der Waals surface area (Å²) in [7, 11) is 1.75. The predicted octanol–water partition coefficient (Wildman–Crippen LogP) is 3.07. The van der Waals surface area contributed by atoms with Gasteiger partial charge in [0.05, 0.1) is 6.04 Å². The first-order chi connectivity index (χ1) is 9.02. The van der Waals surface area contributed by atoms with Crippen molar-refractivity contribution in [3.63, 3.8) is 0 Å². The number of halogens is 2. The molecule has 5 heteroatoms. The maximum absolute atomic E-state index is 14.0. The maximum atomic E-state index is 14.0. The minimum Gasteiger partial charge on any atom is -0.383 e. The zero-order chi connectivity index (χ0) is 14.0. The molecule has 0 saturated heterocycles. The van der Waals surface area contributed by atoms with E-state index in [1.807, 2.05) is 13.0 Å². The number of hydrogen-bond donors (Lipinski definition) is 2. The molecular weight excluding hydrogens is 265 g/mol. The van der Waals surface area contributed by atoms with Gasteiger partial charge in [0, 0.05) is 22.3 Å². The van der Waals surface area contributed by atoms with Crippen LogP contribution in [0.2, 0.25) is 5.02 Å². The summed E-state index contributed by atoms with van der Waals surface area (Å²) in [6, 6.07) is 6.15. The Morgan fingerprint density at radius 2 is 2.05 bits per heavy atom. The van der Waals surface area contributed by atoms with E-state index in [-0.39, 0.29) is 11.9 Å². The average Bonchev–Trinajstić information content (AvgIpc) is 2.36. The maximum Gasteiger partial charge on any atom is 0.129 e. The minimum absolute atomic E-state index is 0.357. The molecule has 0 bridgehead atoms. The average molecular weight is 280 g/mol. The Morgan fingerprint density at radius 3 is 2.68 bits per heavy atom. The highest BCUT2D eigenvalue weighted by Gasteiger charge is 2.19. The third kappa shape index (κ3) is 2.85. The number of nitrogens with one attached hydrogen (secondary N) is 1. The first kappa shape index (κ1) is 13.8. The lowest BCUT2D eigenvalue weighted by Gasteiger charge is -2.19. The number of hydrogen-bond acceptors (Lipinski definition) is 3. The molecule has 1 aromatic heterocycles. The normalized spacial score (nSPS) is 12.4. The van der Waals surface area contributed by atoms with Crippen molar-refractivity contribution in [2.75, 3.05) is 12.8 Å². The molecule has 100 valence electrons. The summed E-state index contributed by atoms with van der Waals surface area (Å²) in [5.41, 5.74) is 8.10. The number of benzene rings is 1. The van der Waals surface area contributed by atoms with E-state index in [2.05, 4.69) is 10.3 Å². The number of aryl methyl sites for hydroxylation is 1. The van der Waals surface area contributed by atoms with Crippen molar-refractivity contribution in [3.05, 3.63) is 58.0 Å². The summed E-state index contributed by atoms with van der Waals surface area (Å²) in [5, 5.41) is 3.43. The van der Waals surface area contributed by atoms with Gasteiger partial charge in [-0.25, -0.2) is 9.37 Å². The van der Waals surface area contributed by atoms with Crippen LogP contribution in [0.25, 0.3) is 0 Å². The van der Waals surface area contributed by atoms with E-state index in [1.165, 1.54) is 6.07 Å². The second-order valence-corrected chi connectivity index (χ2v) is 4.81. The van der Waals surface area contributed by atoms with Crippen LogP contribution in [-0.2, 0) is 0 Å². The van der Waals surface area contributed by atoms with Crippen molar-refractivity contribution in [2.45, 2.75) is 13.0 Å². The molecule has 1 atom stereocenters. The quantitative estimate of drug-likeness (QED) is 0.908. The minimum atomic E-state index is -0.368. The van der Waals surface area contributed by atoms with E-state index in [0.29, 0.717) is 16.4 Å². The standard InChI is InChI=1S/C14H15ClFN3/c1-8-5-11(14(17)19-7-8)13(18-2)10-4-3-9(15)6-12(10)16/h3-7,13,18H,1-2H3,(H2,17,19). The van der Waals surface area contributed by atoms with Gasteiger partial charge in [0.25, 0.3) is 0 Å². The van der Waals surface area contributed by atoms with E-state index >= 15 is 0 Å². The van der Waals surface area contributed by atoms with Gasteiger partial charge in [-0.05, 0) is 37.7 Å². The number of nitrogen functional groups attached to an aromatic ring is 1. The summed E-state index contributed by atoms with van der Waals surface area (Å²) in [6.45, 7) is 1.92. The van der Waals surface area contributed by atoms with E-state index in [4.69, 9.17) is 17.3 Å². The lowest BCUT2D eigenvalue weighted by atomic mass is 9.98. The largest absolute Gasteiger partial charge is 0.383 e. The van der Waals surface area contributed by atoms with Crippen LogP contribution in [0.3, 0.4) is 0 Å². The molecule has 2 rings (SSSR count). The molecule has 0 fully saturated rings. The van der Waals surface area contributed by atoms with Crippen LogP contribution in [0.4, 0.5) is 10.2 Å². The molecule has 1 unspecified atom stereocenters. The van der Waals surface area contributed by atoms with Gasteiger partial charge < -0.3 is 11.1 Å². The molecule has 2 aromatic rings. The first-order valence-corrected chi connectivity index (χ1v) is 6.25. The second-order valence-electron chi connectivity index (χ2n) is 4.37. The van der Waals surface area contributed by atoms with E-state index in [9.17, 15) is 4.39 Å². The van der Waals surface area contributed by atoms with Crippen LogP contribution in [-0.4, -0.2) is 12.0 Å². The zero-order valence-corrected chi connectivity index (χ0v) is 11.5. The summed E-state index contributed by atoms with van der Waals surface area (Å²) >= 11 is 5.77. The van der Waals surface area contributed by atoms with Crippen LogP contribution < -0.4 is 11.1 Å². The third-order valence-electron chi connectivity index (χ3n) is 2.96. The number of nitrogens with zero attached hydrogens (tertiary/aromatic N) is 1. The van der Waals surface area contributed by atoms with Gasteiger partial charge in [0.1, 0.15) is 11.6 Å². The molecule has 0 spiro atoms. The molecule has 0 aliphatic carbocycles. The van der Waals surface area contributed by atoms with Crippen LogP contribution in [0.15, 0.2) is 30.5 Å². The van der Waals surface area contributed by atoms with Crippen LogP contribution >= 0.6 is 11.6 Å². The highest BCUT2D eigenvalue weighted by atomic mass is 35.5. The molecule has 1 aromatic carbocycles. The van der Waals surface area contributed by atoms with E-state index < -0.39 is 0 Å². The number of rotatable bonds is 3. The number of aromatic nitrogens is 1. The fourth-order valence-corrected chi connectivity index (χ4v) is 2.21. The topological polar surface area (TPSA) is 50.9 Å². The Hall–Kier alpha value is -1.65. The van der Waals surface area contributed by atoms with E-state index in [1.54, 1.807) is 25.4 Å². The van der Waals surface area contributed by atoms with Crippen molar-refractivity contribution in [3.8, 4) is 0 Å². The van der Waals surface area contributed by atoms with Crippen LogP contribution in [0.5, 0.6) is 0 Å². The molecule has 0 aliphatic rings. The number of anilines is 1. The first-order valence-electron chi connectivity index (χ1n) is 5.87. The van der Waals surface area contributed by atoms with Gasteiger partial charge in [-0.15, -0.1) is 0 Å². The lowest BCUT2D eigenvalue weighted by Crippen LogP contribution is -2.21. The Morgan fingerprint density at radius 1 is 1.32 bits per heavy atom. The zero-order valence-electron chi connectivity index (χ0n) is 10.7. The second kappa shape index (κ2) is 5.55. The molecule has 1 heterocycles. The summed E-state index contributed by atoms with van der Waals surface area (Å²) in [6.07, 6.45) is 1.68. The third-order valence-corrected chi connectivity index (χ3v) is 3.19. The fourth-order valence-electron chi connectivity index (χ4n) is 2.05. The monoisotopic (exact) mass is 279 g/mol. The van der Waals surface area contributed by atoms with Crippen LogP contribution in [0.1, 0.15) is 22.7 Å². The summed E-state index contributed by atoms with van der Waals surface area (Å²) < 4.78 is 14.0. The molecule has 0 saturated carbocycles. The van der Waals surface area contributed by atoms with E-state index in [0.717, 1.165) is 11.1 Å². The van der Waals surface area contributed by atoms with Gasteiger partial charge in [0.15, 0.2) is 0 Å². The van der Waals surface area contributed by atoms with Gasteiger partial charge in [0.2, 0.25) is 0 Å². The van der Waals surface area contributed by atoms with Crippen molar-refractivity contribution in [1.29, 1.82) is 0 Å². The molecule has 3 N–H and O–H groups in total. The highest BCUT2D eigenvalue weighted by Crippen LogP contribution is 2.29. The number of pyridine rings is 1. The summed E-state index contributed by atoms with van der Waals surface area (Å²) in [5.74, 6) is 0.0204. The lowest BCUT2D eigenvalue weighted by molar-refractivity contribution is 0.576. The Kier molecular flexibility index (Phi) is 4.02. The van der Waals surface area contributed by atoms with Crippen LogP contribution in [0, 0.1) is 12.7 Å². The van der Waals surface area contributed by atoms with Crippen molar-refractivity contribution < 1.29 is 4.39 Å². The van der Waals surface area contributed by atoms with Gasteiger partial charge in [-0.2, -0.15) is 0 Å². The smallest absolute Gasteiger partial charge is 0.129 e. The van der Waals surface area contributed by atoms with Crippen molar-refractivity contribution in [1.82, 2.24) is 10.3 Å². The molecule has 0 radical (unpaired) electrons. The van der Waals surface area contributed by atoms with Gasteiger partial charge >= 0.3 is 0 Å². The fraction of sp³-hybridized carbons (Fsp3) is 0.214. The van der Waals surface area contributed by atoms with Gasteiger partial charge in [-0.3, -0.25) is 0 Å². The Labute approximate surface area is 116 Å². The Bertz CT molecular complexity index is 601.